The zero-order valence-electron chi connectivity index (χ0n) is 24.5. The van der Waals surface area contributed by atoms with Gasteiger partial charge in [-0.05, 0) is 94.3 Å². The first-order valence-corrected chi connectivity index (χ1v) is 15.8. The predicted octanol–water partition coefficient (Wildman–Crippen LogP) is 7.96. The van der Waals surface area contributed by atoms with Crippen LogP contribution in [0.4, 0.5) is 5.69 Å². The fourth-order valence-corrected chi connectivity index (χ4v) is 5.84. The van der Waals surface area contributed by atoms with Gasteiger partial charge in [0.15, 0.2) is 0 Å². The van der Waals surface area contributed by atoms with E-state index in [-0.39, 0.29) is 5.91 Å². The third-order valence-electron chi connectivity index (χ3n) is 7.66. The summed E-state index contributed by atoms with van der Waals surface area (Å²) in [5, 5.41) is 14.9. The van der Waals surface area contributed by atoms with Crippen LogP contribution in [0.1, 0.15) is 33.5 Å². The molecule has 0 aromatic heterocycles. The largest absolute Gasteiger partial charge is 0.480 e. The van der Waals surface area contributed by atoms with Gasteiger partial charge in [-0.15, -0.1) is 0 Å². The van der Waals surface area contributed by atoms with Crippen molar-refractivity contribution in [2.75, 3.05) is 16.9 Å². The first kappa shape index (κ1) is 29.9. The molecule has 0 fully saturated rings. The maximum Gasteiger partial charge on any atom is 0.326 e. The van der Waals surface area contributed by atoms with Crippen LogP contribution in [0.25, 0.3) is 21.9 Å². The van der Waals surface area contributed by atoms with Crippen molar-refractivity contribution in [1.29, 1.82) is 0 Å². The number of nitrogens with one attached hydrogen (secondary N) is 1. The topological polar surface area (TPSA) is 69.6 Å². The van der Waals surface area contributed by atoms with Gasteiger partial charge in [0.1, 0.15) is 6.04 Å². The molecule has 0 aliphatic rings. The van der Waals surface area contributed by atoms with Crippen molar-refractivity contribution < 1.29 is 14.7 Å². The number of carboxylic acid groups (broad SMARTS) is 1. The maximum atomic E-state index is 13.5. The Labute approximate surface area is 257 Å². The highest BCUT2D eigenvalue weighted by Gasteiger charge is 2.23. The number of rotatable bonds is 12. The molecule has 0 aliphatic heterocycles. The van der Waals surface area contributed by atoms with E-state index in [0.29, 0.717) is 30.8 Å². The molecule has 5 aromatic carbocycles. The number of aryl methyl sites for hydroxylation is 1. The molecule has 5 nitrogen and oxygen atoms in total. The summed E-state index contributed by atoms with van der Waals surface area (Å²) in [6.07, 6.45) is 2.29. The summed E-state index contributed by atoms with van der Waals surface area (Å²) in [5.41, 5.74) is 6.62. The molecule has 5 aromatic rings. The van der Waals surface area contributed by atoms with E-state index in [4.69, 9.17) is 0 Å². The van der Waals surface area contributed by atoms with Gasteiger partial charge in [0, 0.05) is 24.3 Å². The van der Waals surface area contributed by atoms with Crippen molar-refractivity contribution in [3.8, 4) is 11.1 Å². The minimum absolute atomic E-state index is 0.362. The number of carboxylic acids is 1. The van der Waals surface area contributed by atoms with Gasteiger partial charge in [-0.3, -0.25) is 4.79 Å². The highest BCUT2D eigenvalue weighted by atomic mass is 32.2. The van der Waals surface area contributed by atoms with Crippen LogP contribution in [0.3, 0.4) is 0 Å². The average molecular weight is 589 g/mol. The molecule has 1 atom stereocenters. The number of para-hydroxylation sites is 1. The minimum Gasteiger partial charge on any atom is -0.480 e. The van der Waals surface area contributed by atoms with Crippen LogP contribution in [-0.2, 0) is 17.9 Å². The molecule has 218 valence electrons. The summed E-state index contributed by atoms with van der Waals surface area (Å²) >= 11 is 1.56. The van der Waals surface area contributed by atoms with Gasteiger partial charge in [-0.1, -0.05) is 84.9 Å². The number of carbonyl (C=O) groups excluding carboxylic acids is 1. The second-order valence-electron chi connectivity index (χ2n) is 10.7. The number of aliphatic carboxylic acids is 1. The molecule has 0 heterocycles. The van der Waals surface area contributed by atoms with Gasteiger partial charge < -0.3 is 15.3 Å². The van der Waals surface area contributed by atoms with Crippen LogP contribution in [0.5, 0.6) is 0 Å². The maximum absolute atomic E-state index is 13.5. The molecular weight excluding hydrogens is 552 g/mol. The van der Waals surface area contributed by atoms with E-state index in [1.54, 1.807) is 11.8 Å². The molecule has 0 radical (unpaired) electrons. The Kier molecular flexibility index (Phi) is 9.80. The summed E-state index contributed by atoms with van der Waals surface area (Å²) in [7, 11) is 0. The van der Waals surface area contributed by atoms with Crippen LogP contribution >= 0.6 is 11.8 Å². The molecule has 1 unspecified atom stereocenters. The van der Waals surface area contributed by atoms with Crippen molar-refractivity contribution in [3.05, 3.63) is 138 Å². The Balaban J connectivity index is 1.50. The van der Waals surface area contributed by atoms with E-state index in [2.05, 4.69) is 70.9 Å². The number of hydrogen-bond acceptors (Lipinski definition) is 4. The van der Waals surface area contributed by atoms with Gasteiger partial charge in [0.25, 0.3) is 5.91 Å². The van der Waals surface area contributed by atoms with Gasteiger partial charge in [-0.2, -0.15) is 11.8 Å². The third kappa shape index (κ3) is 7.46. The van der Waals surface area contributed by atoms with Crippen LogP contribution in [0.15, 0.2) is 115 Å². The van der Waals surface area contributed by atoms with E-state index in [1.165, 1.54) is 16.3 Å². The summed E-state index contributed by atoms with van der Waals surface area (Å²) in [5.74, 6) is -0.758. The number of hydrogen-bond donors (Lipinski definition) is 2. The fourth-order valence-electron chi connectivity index (χ4n) is 5.37. The molecule has 1 amide bonds. The van der Waals surface area contributed by atoms with Crippen molar-refractivity contribution >= 4 is 40.1 Å². The summed E-state index contributed by atoms with van der Waals surface area (Å²) < 4.78 is 0. The van der Waals surface area contributed by atoms with Crippen molar-refractivity contribution in [3.63, 3.8) is 0 Å². The van der Waals surface area contributed by atoms with E-state index < -0.39 is 12.0 Å². The zero-order valence-corrected chi connectivity index (χ0v) is 25.3. The van der Waals surface area contributed by atoms with Crippen molar-refractivity contribution in [1.82, 2.24) is 5.32 Å². The lowest BCUT2D eigenvalue weighted by molar-refractivity contribution is -0.139. The highest BCUT2D eigenvalue weighted by Crippen LogP contribution is 2.30. The van der Waals surface area contributed by atoms with Gasteiger partial charge in [0.05, 0.1) is 0 Å². The molecule has 6 heteroatoms. The number of thioether (sulfide) groups is 1. The SMILES string of the molecule is CSCCC(NC(=O)c1ccc(CN(Cc2ccc3ccccc3c2)c2ccccc2)cc1-c1ccccc1C)C(=O)O. The molecule has 0 aliphatic carbocycles. The number of benzene rings is 5. The smallest absolute Gasteiger partial charge is 0.326 e. The van der Waals surface area contributed by atoms with Gasteiger partial charge in [0.2, 0.25) is 0 Å². The molecular formula is C37H36N2O3S. The van der Waals surface area contributed by atoms with Gasteiger partial charge >= 0.3 is 5.97 Å². The Morgan fingerprint density at radius 2 is 1.42 bits per heavy atom. The number of carbonyl (C=O) groups is 2. The summed E-state index contributed by atoms with van der Waals surface area (Å²) in [4.78, 5) is 27.8. The zero-order chi connectivity index (χ0) is 30.2. The second-order valence-corrected chi connectivity index (χ2v) is 11.7. The highest BCUT2D eigenvalue weighted by molar-refractivity contribution is 7.98. The van der Waals surface area contributed by atoms with E-state index >= 15 is 0 Å². The quantitative estimate of drug-likeness (QED) is 0.155. The Bertz CT molecular complexity index is 1720. The van der Waals surface area contributed by atoms with E-state index in [9.17, 15) is 14.7 Å². The second kappa shape index (κ2) is 14.1. The monoisotopic (exact) mass is 588 g/mol. The lowest BCUT2D eigenvalue weighted by Gasteiger charge is -2.26. The van der Waals surface area contributed by atoms with Crippen LogP contribution in [0, 0.1) is 6.92 Å². The standard InChI is InChI=1S/C37H36N2O3S/c1-26-10-6-9-15-32(26)34-23-28(17-19-33(34)36(40)38-35(37(41)42)20-21-43-2)25-39(31-13-4-3-5-14-31)24-27-16-18-29-11-7-8-12-30(29)22-27/h3-19,22-23,35H,20-21,24-25H2,1-2H3,(H,38,40)(H,41,42). The molecule has 2 N–H and O–H groups in total. The molecule has 0 saturated heterocycles. The van der Waals surface area contributed by atoms with Gasteiger partial charge in [-0.25, -0.2) is 4.79 Å². The molecule has 5 rings (SSSR count). The van der Waals surface area contributed by atoms with Crippen LogP contribution < -0.4 is 10.2 Å². The fraction of sp³-hybridized carbons (Fsp3) is 0.189. The first-order chi connectivity index (χ1) is 20.9. The Morgan fingerprint density at radius 1 is 0.767 bits per heavy atom. The first-order valence-electron chi connectivity index (χ1n) is 14.4. The number of fused-ring (bicyclic) bond motifs is 1. The minimum atomic E-state index is -1.02. The predicted molar refractivity (Wildman–Crippen MR) is 179 cm³/mol. The Morgan fingerprint density at radius 3 is 2.14 bits per heavy atom. The number of nitrogens with zero attached hydrogens (tertiary/aromatic N) is 1. The lowest BCUT2D eigenvalue weighted by Crippen LogP contribution is -2.41. The van der Waals surface area contributed by atoms with Crippen LogP contribution in [-0.4, -0.2) is 35.0 Å². The average Bonchev–Trinajstić information content (AvgIpc) is 3.03. The van der Waals surface area contributed by atoms with E-state index in [0.717, 1.165) is 27.9 Å². The van der Waals surface area contributed by atoms with E-state index in [1.807, 2.05) is 67.8 Å². The summed E-state index contributed by atoms with van der Waals surface area (Å²) in [6.45, 7) is 3.37. The van der Waals surface area contributed by atoms with Crippen molar-refractivity contribution in [2.45, 2.75) is 32.5 Å². The number of amides is 1. The van der Waals surface area contributed by atoms with Crippen molar-refractivity contribution in [2.24, 2.45) is 0 Å². The molecule has 0 bridgehead atoms. The molecule has 0 saturated carbocycles. The molecule has 43 heavy (non-hydrogen) atoms. The lowest BCUT2D eigenvalue weighted by atomic mass is 9.93. The normalized spacial score (nSPS) is 11.7. The Hall–Kier alpha value is -4.55. The van der Waals surface area contributed by atoms with Crippen LogP contribution in [0.2, 0.25) is 0 Å². The summed E-state index contributed by atoms with van der Waals surface area (Å²) in [6, 6.07) is 38.2. The molecule has 0 spiro atoms. The third-order valence-corrected chi connectivity index (χ3v) is 8.30. The number of anilines is 1.